The van der Waals surface area contributed by atoms with E-state index < -0.39 is 32.8 Å². The van der Waals surface area contributed by atoms with Crippen molar-refractivity contribution in [3.05, 3.63) is 67.1 Å². The van der Waals surface area contributed by atoms with Gasteiger partial charge in [-0.05, 0) is 28.1 Å². The Kier molecular flexibility index (Phi) is 3.87. The molecule has 6 nitrogen and oxygen atoms in total. The van der Waals surface area contributed by atoms with Gasteiger partial charge in [0.15, 0.2) is 5.78 Å². The van der Waals surface area contributed by atoms with Gasteiger partial charge in [-0.15, -0.1) is 0 Å². The quantitative estimate of drug-likeness (QED) is 0.406. The maximum Gasteiger partial charge on any atom is 0.288 e. The van der Waals surface area contributed by atoms with E-state index in [9.17, 15) is 19.3 Å². The van der Waals surface area contributed by atoms with Crippen LogP contribution in [-0.4, -0.2) is 20.7 Å². The number of ketones is 1. The zero-order valence-corrected chi connectivity index (χ0v) is 13.5. The molecule has 0 unspecified atom stereocenters. The van der Waals surface area contributed by atoms with Crippen LogP contribution in [-0.2, 0) is 0 Å². The molecular weight excluding hydrogens is 393 g/mol. The molecule has 9 heteroatoms. The van der Waals surface area contributed by atoms with Gasteiger partial charge in [-0.2, -0.15) is 0 Å². The van der Waals surface area contributed by atoms with Crippen LogP contribution < -0.4 is 0 Å². The number of nitrogens with zero attached hydrogens (tertiary/aromatic N) is 2. The van der Waals surface area contributed by atoms with E-state index in [0.29, 0.717) is 15.5 Å². The monoisotopic (exact) mass is 397 g/mol. The third kappa shape index (κ3) is 2.60. The van der Waals surface area contributed by atoms with Crippen LogP contribution in [0.15, 0.2) is 35.1 Å². The molecule has 2 aromatic heterocycles. The van der Waals surface area contributed by atoms with Gasteiger partial charge in [0, 0.05) is 33.9 Å². The topological polar surface area (TPSA) is 88.9 Å². The minimum atomic E-state index is -0.928. The molecule has 0 atom stereocenters. The van der Waals surface area contributed by atoms with E-state index in [4.69, 9.17) is 11.6 Å². The number of H-pyrrole nitrogens is 1. The van der Waals surface area contributed by atoms with Crippen molar-refractivity contribution >= 4 is 50.0 Å². The first-order chi connectivity index (χ1) is 10.9. The fourth-order valence-electron chi connectivity index (χ4n) is 2.19. The van der Waals surface area contributed by atoms with E-state index in [2.05, 4.69) is 25.9 Å². The van der Waals surface area contributed by atoms with Crippen LogP contribution in [0.5, 0.6) is 0 Å². The number of nitro groups is 1. The lowest BCUT2D eigenvalue weighted by Crippen LogP contribution is -2.06. The number of pyridine rings is 1. The van der Waals surface area contributed by atoms with Gasteiger partial charge in [0.1, 0.15) is 16.5 Å². The standard InChI is InChI=1S/C14H6BrClFN3O3/c15-6-3-7-8(5-19-14(7)18-4-6)13(21)11-9(17)1-2-10(12(11)16)20(22)23/h1-5H,(H,18,19). The maximum absolute atomic E-state index is 14.1. The summed E-state index contributed by atoms with van der Waals surface area (Å²) in [5, 5.41) is 10.8. The van der Waals surface area contributed by atoms with Gasteiger partial charge in [0.25, 0.3) is 5.69 Å². The fraction of sp³-hybridized carbons (Fsp3) is 0. The summed E-state index contributed by atoms with van der Waals surface area (Å²) >= 11 is 9.10. The summed E-state index contributed by atoms with van der Waals surface area (Å²) in [5.41, 5.74) is -0.522. The second-order valence-corrected chi connectivity index (χ2v) is 5.89. The molecule has 0 saturated carbocycles. The van der Waals surface area contributed by atoms with Gasteiger partial charge in [-0.1, -0.05) is 11.6 Å². The second-order valence-electron chi connectivity index (χ2n) is 4.59. The third-order valence-electron chi connectivity index (χ3n) is 3.24. The Morgan fingerprint density at radius 3 is 2.87 bits per heavy atom. The lowest BCUT2D eigenvalue weighted by atomic mass is 10.0. The zero-order valence-electron chi connectivity index (χ0n) is 11.1. The Hall–Kier alpha value is -2.32. The van der Waals surface area contributed by atoms with Crippen LogP contribution in [0.1, 0.15) is 15.9 Å². The molecule has 0 aliphatic rings. The van der Waals surface area contributed by atoms with Crippen molar-refractivity contribution in [2.45, 2.75) is 0 Å². The van der Waals surface area contributed by atoms with Crippen molar-refractivity contribution < 1.29 is 14.1 Å². The van der Waals surface area contributed by atoms with Crippen molar-refractivity contribution in [3.63, 3.8) is 0 Å². The Bertz CT molecular complexity index is 973. The Labute approximate surface area is 141 Å². The largest absolute Gasteiger partial charge is 0.345 e. The highest BCUT2D eigenvalue weighted by Gasteiger charge is 2.27. The summed E-state index contributed by atoms with van der Waals surface area (Å²) in [5.74, 6) is -1.69. The van der Waals surface area contributed by atoms with E-state index in [1.807, 2.05) is 0 Å². The van der Waals surface area contributed by atoms with Crippen molar-refractivity contribution in [2.24, 2.45) is 0 Å². The van der Waals surface area contributed by atoms with Crippen molar-refractivity contribution in [1.82, 2.24) is 9.97 Å². The molecule has 0 spiro atoms. The number of aromatic amines is 1. The van der Waals surface area contributed by atoms with Crippen LogP contribution in [0.3, 0.4) is 0 Å². The fourth-order valence-corrected chi connectivity index (χ4v) is 2.83. The van der Waals surface area contributed by atoms with Gasteiger partial charge in [0.05, 0.1) is 10.5 Å². The lowest BCUT2D eigenvalue weighted by Gasteiger charge is -2.05. The summed E-state index contributed by atoms with van der Waals surface area (Å²) in [4.78, 5) is 29.7. The summed E-state index contributed by atoms with van der Waals surface area (Å²) in [6.07, 6.45) is 2.90. The van der Waals surface area contributed by atoms with Crippen LogP contribution >= 0.6 is 27.5 Å². The van der Waals surface area contributed by atoms with Crippen LogP contribution in [0.2, 0.25) is 5.02 Å². The molecule has 3 rings (SSSR count). The molecule has 0 aliphatic heterocycles. The predicted molar refractivity (Wildman–Crippen MR) is 85.3 cm³/mol. The molecule has 0 bridgehead atoms. The number of benzene rings is 1. The third-order valence-corrected chi connectivity index (χ3v) is 4.05. The lowest BCUT2D eigenvalue weighted by molar-refractivity contribution is -0.384. The number of nitrogens with one attached hydrogen (secondary N) is 1. The minimum absolute atomic E-state index is 0.120. The molecule has 116 valence electrons. The highest BCUT2D eigenvalue weighted by molar-refractivity contribution is 9.10. The average Bonchev–Trinajstić information content (AvgIpc) is 2.89. The smallest absolute Gasteiger partial charge is 0.288 e. The molecule has 0 saturated heterocycles. The first-order valence-corrected chi connectivity index (χ1v) is 7.37. The number of hydrogen-bond donors (Lipinski definition) is 1. The van der Waals surface area contributed by atoms with Crippen LogP contribution in [0.25, 0.3) is 11.0 Å². The summed E-state index contributed by atoms with van der Waals surface area (Å²) in [7, 11) is 0. The van der Waals surface area contributed by atoms with Crippen LogP contribution in [0.4, 0.5) is 10.1 Å². The normalized spacial score (nSPS) is 10.9. The van der Waals surface area contributed by atoms with E-state index in [1.165, 1.54) is 12.4 Å². The SMILES string of the molecule is O=C(c1c(F)ccc([N+](=O)[O-])c1Cl)c1c[nH]c2ncc(Br)cc12. The van der Waals surface area contributed by atoms with Gasteiger partial charge < -0.3 is 4.98 Å². The molecule has 0 amide bonds. The van der Waals surface area contributed by atoms with Gasteiger partial charge in [0.2, 0.25) is 0 Å². The van der Waals surface area contributed by atoms with E-state index in [-0.39, 0.29) is 5.56 Å². The second kappa shape index (κ2) is 5.71. The van der Waals surface area contributed by atoms with E-state index >= 15 is 0 Å². The van der Waals surface area contributed by atoms with Crippen molar-refractivity contribution in [2.75, 3.05) is 0 Å². The molecular formula is C14H6BrClFN3O3. The minimum Gasteiger partial charge on any atom is -0.345 e. The van der Waals surface area contributed by atoms with Gasteiger partial charge in [-0.3, -0.25) is 14.9 Å². The highest BCUT2D eigenvalue weighted by Crippen LogP contribution is 2.33. The van der Waals surface area contributed by atoms with Gasteiger partial charge >= 0.3 is 0 Å². The summed E-state index contributed by atoms with van der Waals surface area (Å²) in [6, 6.07) is 3.40. The maximum atomic E-state index is 14.1. The highest BCUT2D eigenvalue weighted by atomic mass is 79.9. The average molecular weight is 399 g/mol. The molecule has 0 radical (unpaired) electrons. The molecule has 1 aromatic carbocycles. The number of rotatable bonds is 3. The summed E-state index contributed by atoms with van der Waals surface area (Å²) in [6.45, 7) is 0. The first-order valence-electron chi connectivity index (χ1n) is 6.20. The number of hydrogen-bond acceptors (Lipinski definition) is 4. The number of halogens is 3. The van der Waals surface area contributed by atoms with E-state index in [1.54, 1.807) is 6.07 Å². The summed E-state index contributed by atoms with van der Waals surface area (Å²) < 4.78 is 14.7. The molecule has 3 aromatic rings. The first kappa shape index (κ1) is 15.6. The Morgan fingerprint density at radius 2 is 2.17 bits per heavy atom. The number of carbonyl (C=O) groups is 1. The molecule has 1 N–H and O–H groups in total. The molecule has 0 fully saturated rings. The molecule has 2 heterocycles. The zero-order chi connectivity index (χ0) is 16.7. The van der Waals surface area contributed by atoms with Crippen molar-refractivity contribution in [1.29, 1.82) is 0 Å². The van der Waals surface area contributed by atoms with Gasteiger partial charge in [-0.25, -0.2) is 9.37 Å². The van der Waals surface area contributed by atoms with E-state index in [0.717, 1.165) is 12.1 Å². The molecule has 0 aliphatic carbocycles. The number of nitro benzene ring substituents is 1. The predicted octanol–water partition coefficient (Wildman–Crippen LogP) is 4.26. The Balaban J connectivity index is 2.22. The number of fused-ring (bicyclic) bond motifs is 1. The number of aromatic nitrogens is 2. The van der Waals surface area contributed by atoms with Crippen molar-refractivity contribution in [3.8, 4) is 0 Å². The number of carbonyl (C=O) groups excluding carboxylic acids is 1. The van der Waals surface area contributed by atoms with Crippen LogP contribution in [0, 0.1) is 15.9 Å². The Morgan fingerprint density at radius 1 is 1.43 bits per heavy atom. The molecule has 23 heavy (non-hydrogen) atoms.